The number of nitrogens with zero attached hydrogens (tertiary/aromatic N) is 3. The van der Waals surface area contributed by atoms with Gasteiger partial charge in [-0.2, -0.15) is 15.6 Å². The molecule has 8 nitrogen and oxygen atoms in total. The molecule has 0 aliphatic heterocycles. The molecule has 1 amide bonds. The van der Waals surface area contributed by atoms with Crippen molar-refractivity contribution < 1.29 is 9.53 Å². The van der Waals surface area contributed by atoms with Crippen LogP contribution >= 0.6 is 0 Å². The Balaban J connectivity index is 1.36. The molecule has 0 fully saturated rings. The number of carbonyl (C=O) groups is 1. The lowest BCUT2D eigenvalue weighted by atomic mass is 9.84. The molecule has 2 heterocycles. The molecule has 0 aliphatic carbocycles. The van der Waals surface area contributed by atoms with E-state index in [2.05, 4.69) is 32.6 Å². The minimum Gasteiger partial charge on any atom is -0.497 e. The van der Waals surface area contributed by atoms with E-state index < -0.39 is 0 Å². The monoisotopic (exact) mass is 548 g/mol. The predicted molar refractivity (Wildman–Crippen MR) is 161 cm³/mol. The van der Waals surface area contributed by atoms with E-state index in [1.165, 1.54) is 0 Å². The molecule has 0 spiro atoms. The van der Waals surface area contributed by atoms with Crippen molar-refractivity contribution in [3.05, 3.63) is 136 Å². The van der Waals surface area contributed by atoms with Crippen LogP contribution in [0.15, 0.2) is 102 Å². The first-order chi connectivity index (χ1) is 20.6. The number of benzene rings is 4. The molecule has 0 aliphatic rings. The van der Waals surface area contributed by atoms with E-state index in [0.717, 1.165) is 49.8 Å². The van der Waals surface area contributed by atoms with Crippen LogP contribution in [0.3, 0.4) is 0 Å². The average Bonchev–Trinajstić information content (AvgIpc) is 3.65. The molecule has 0 atom stereocenters. The van der Waals surface area contributed by atoms with Gasteiger partial charge in [-0.05, 0) is 95.1 Å². The molecule has 6 aromatic rings. The maximum atomic E-state index is 12.8. The Hall–Kier alpha value is -6.12. The van der Waals surface area contributed by atoms with Crippen molar-refractivity contribution in [2.75, 3.05) is 7.11 Å². The summed E-state index contributed by atoms with van der Waals surface area (Å²) in [7, 11) is 1.60. The molecule has 0 unspecified atom stereocenters. The zero-order valence-corrected chi connectivity index (χ0v) is 22.6. The zero-order valence-electron chi connectivity index (χ0n) is 22.6. The third kappa shape index (κ3) is 4.97. The third-order valence-electron chi connectivity index (χ3n) is 7.31. The Morgan fingerprint density at radius 3 is 1.93 bits per heavy atom. The van der Waals surface area contributed by atoms with Gasteiger partial charge in [0.25, 0.3) is 5.91 Å². The van der Waals surface area contributed by atoms with E-state index in [1.807, 2.05) is 73.1 Å². The Morgan fingerprint density at radius 1 is 0.833 bits per heavy atom. The van der Waals surface area contributed by atoms with Crippen LogP contribution in [0.4, 0.5) is 0 Å². The van der Waals surface area contributed by atoms with Gasteiger partial charge in [0, 0.05) is 45.7 Å². The number of aromatic nitrogens is 2. The van der Waals surface area contributed by atoms with Crippen LogP contribution in [0.1, 0.15) is 49.7 Å². The summed E-state index contributed by atoms with van der Waals surface area (Å²) in [6.07, 6.45) is 5.48. The topological polar surface area (TPSA) is 130 Å². The van der Waals surface area contributed by atoms with Crippen molar-refractivity contribution in [3.63, 3.8) is 0 Å². The number of nitriles is 2. The second-order valence-corrected chi connectivity index (χ2v) is 9.76. The maximum Gasteiger partial charge on any atom is 0.271 e. The Labute approximate surface area is 241 Å². The SMILES string of the molecule is COc1ccc(/C=N/NC(=O)c2ccc(C(c3c[nH]c4ccc(C#N)cc34)c3c[nH]c4ccc(C#N)cc34)cc2)cc1. The highest BCUT2D eigenvalue weighted by Crippen LogP contribution is 2.40. The van der Waals surface area contributed by atoms with E-state index >= 15 is 0 Å². The number of rotatable bonds is 7. The highest BCUT2D eigenvalue weighted by Gasteiger charge is 2.24. The third-order valence-corrected chi connectivity index (χ3v) is 7.31. The number of amides is 1. The van der Waals surface area contributed by atoms with Gasteiger partial charge in [-0.25, -0.2) is 5.43 Å². The fourth-order valence-electron chi connectivity index (χ4n) is 5.17. The first kappa shape index (κ1) is 26.1. The largest absolute Gasteiger partial charge is 0.497 e. The van der Waals surface area contributed by atoms with E-state index in [1.54, 1.807) is 37.6 Å². The van der Waals surface area contributed by atoms with Crippen LogP contribution in [0.25, 0.3) is 21.8 Å². The van der Waals surface area contributed by atoms with E-state index in [9.17, 15) is 15.3 Å². The van der Waals surface area contributed by atoms with Crippen molar-refractivity contribution in [2.45, 2.75) is 5.92 Å². The molecule has 202 valence electrons. The standard InChI is InChI=1S/C34H24N6O2/c1-42-26-10-2-21(3-11-26)18-39-40-34(41)25-8-6-24(7-9-25)33(29-19-37-31-12-4-22(16-35)14-27(29)31)30-20-38-32-13-5-23(17-36)15-28(30)32/h2-15,18-20,33,37-38H,1H3,(H,40,41)/b39-18+. The number of nitrogens with one attached hydrogen (secondary N) is 3. The maximum absolute atomic E-state index is 12.8. The minimum atomic E-state index is -0.334. The fourth-order valence-corrected chi connectivity index (χ4v) is 5.17. The van der Waals surface area contributed by atoms with Gasteiger partial charge in [-0.15, -0.1) is 0 Å². The first-order valence-electron chi connectivity index (χ1n) is 13.2. The van der Waals surface area contributed by atoms with Gasteiger partial charge in [0.1, 0.15) is 5.75 Å². The number of aromatic amines is 2. The van der Waals surface area contributed by atoms with Crippen molar-refractivity contribution in [1.29, 1.82) is 10.5 Å². The van der Waals surface area contributed by atoms with Crippen molar-refractivity contribution >= 4 is 33.9 Å². The van der Waals surface area contributed by atoms with Crippen LogP contribution in [-0.2, 0) is 0 Å². The van der Waals surface area contributed by atoms with Crippen LogP contribution in [-0.4, -0.2) is 29.2 Å². The lowest BCUT2D eigenvalue weighted by Gasteiger charge is -2.18. The van der Waals surface area contributed by atoms with E-state index in [-0.39, 0.29) is 11.8 Å². The van der Waals surface area contributed by atoms with Gasteiger partial charge >= 0.3 is 0 Å². The van der Waals surface area contributed by atoms with Gasteiger partial charge in [0.15, 0.2) is 0 Å². The fraction of sp³-hybridized carbons (Fsp3) is 0.0588. The van der Waals surface area contributed by atoms with Crippen LogP contribution < -0.4 is 10.2 Å². The number of fused-ring (bicyclic) bond motifs is 2. The minimum absolute atomic E-state index is 0.249. The van der Waals surface area contributed by atoms with Gasteiger partial charge < -0.3 is 14.7 Å². The zero-order chi connectivity index (χ0) is 29.1. The normalized spacial score (nSPS) is 11.1. The number of hydrogen-bond donors (Lipinski definition) is 3. The number of H-pyrrole nitrogens is 2. The summed E-state index contributed by atoms with van der Waals surface area (Å²) in [4.78, 5) is 19.5. The molecule has 4 aromatic carbocycles. The van der Waals surface area contributed by atoms with Gasteiger partial charge in [-0.3, -0.25) is 4.79 Å². The van der Waals surface area contributed by atoms with Gasteiger partial charge in [-0.1, -0.05) is 12.1 Å². The molecule has 0 saturated heterocycles. The summed E-state index contributed by atoms with van der Waals surface area (Å²) in [5.41, 5.74) is 9.72. The molecule has 8 heteroatoms. The number of ether oxygens (including phenoxy) is 1. The van der Waals surface area contributed by atoms with Gasteiger partial charge in [0.05, 0.1) is 36.6 Å². The number of hydrogen-bond acceptors (Lipinski definition) is 5. The molecular formula is C34H24N6O2. The molecule has 0 saturated carbocycles. The Bertz CT molecular complexity index is 1950. The van der Waals surface area contributed by atoms with Gasteiger partial charge in [0.2, 0.25) is 0 Å². The average molecular weight is 549 g/mol. The summed E-state index contributed by atoms with van der Waals surface area (Å²) in [6.45, 7) is 0. The molecule has 6 rings (SSSR count). The first-order valence-corrected chi connectivity index (χ1v) is 13.2. The van der Waals surface area contributed by atoms with Crippen molar-refractivity contribution in [2.24, 2.45) is 5.10 Å². The van der Waals surface area contributed by atoms with E-state index in [4.69, 9.17) is 4.74 Å². The number of methoxy groups -OCH3 is 1. The number of hydrazone groups is 1. The van der Waals surface area contributed by atoms with Crippen molar-refractivity contribution in [3.8, 4) is 17.9 Å². The predicted octanol–water partition coefficient (Wildman–Crippen LogP) is 6.35. The Morgan fingerprint density at radius 2 is 1.40 bits per heavy atom. The molecule has 2 aromatic heterocycles. The summed E-state index contributed by atoms with van der Waals surface area (Å²) in [6, 6.07) is 30.3. The highest BCUT2D eigenvalue weighted by atomic mass is 16.5. The smallest absolute Gasteiger partial charge is 0.271 e. The molecule has 0 bridgehead atoms. The molecule has 42 heavy (non-hydrogen) atoms. The van der Waals surface area contributed by atoms with Crippen molar-refractivity contribution in [1.82, 2.24) is 15.4 Å². The molecule has 0 radical (unpaired) electrons. The molecule has 3 N–H and O–H groups in total. The summed E-state index contributed by atoms with van der Waals surface area (Å²) >= 11 is 0. The van der Waals surface area contributed by atoms with E-state index in [0.29, 0.717) is 16.7 Å². The summed E-state index contributed by atoms with van der Waals surface area (Å²) in [5, 5.41) is 25.0. The van der Waals surface area contributed by atoms with Crippen LogP contribution in [0.5, 0.6) is 5.75 Å². The second kappa shape index (κ2) is 11.2. The summed E-state index contributed by atoms with van der Waals surface area (Å²) < 4.78 is 5.16. The quantitative estimate of drug-likeness (QED) is 0.159. The van der Waals surface area contributed by atoms with Crippen LogP contribution in [0.2, 0.25) is 0 Å². The van der Waals surface area contributed by atoms with Crippen LogP contribution in [0, 0.1) is 22.7 Å². The second-order valence-electron chi connectivity index (χ2n) is 9.76. The molecular weight excluding hydrogens is 524 g/mol. The Kier molecular flexibility index (Phi) is 6.94. The highest BCUT2D eigenvalue weighted by molar-refractivity contribution is 5.95. The number of carbonyl (C=O) groups excluding carboxylic acids is 1. The summed E-state index contributed by atoms with van der Waals surface area (Å²) in [5.74, 6) is 0.158. The lowest BCUT2D eigenvalue weighted by Crippen LogP contribution is -2.17. The lowest BCUT2D eigenvalue weighted by molar-refractivity contribution is 0.0955.